The monoisotopic (exact) mass is 540 g/mol. The minimum absolute atomic E-state index is 0.0710. The molecule has 0 bridgehead atoms. The average Bonchev–Trinajstić information content (AvgIpc) is 3.35. The zero-order chi connectivity index (χ0) is 26.8. The van der Waals surface area contributed by atoms with Gasteiger partial charge in [0, 0.05) is 41.8 Å². The summed E-state index contributed by atoms with van der Waals surface area (Å²) in [5, 5.41) is 14.2. The number of carbonyl (C=O) groups excluding carboxylic acids is 1. The number of benzene rings is 2. The van der Waals surface area contributed by atoms with Crippen molar-refractivity contribution in [3.63, 3.8) is 0 Å². The second-order valence-electron chi connectivity index (χ2n) is 11.0. The van der Waals surface area contributed by atoms with Gasteiger partial charge in [0.15, 0.2) is 5.82 Å². The average molecular weight is 542 g/mol. The van der Waals surface area contributed by atoms with Gasteiger partial charge >= 0.3 is 0 Å². The first-order valence-corrected chi connectivity index (χ1v) is 13.2. The Bertz CT molecular complexity index is 1260. The molecule has 1 amide bonds. The van der Waals surface area contributed by atoms with E-state index >= 15 is 0 Å². The predicted molar refractivity (Wildman–Crippen MR) is 149 cm³/mol. The van der Waals surface area contributed by atoms with Gasteiger partial charge in [0.2, 0.25) is 0 Å². The zero-order valence-corrected chi connectivity index (χ0v) is 23.5. The highest BCUT2D eigenvalue weighted by Gasteiger charge is 2.39. The van der Waals surface area contributed by atoms with Crippen molar-refractivity contribution in [1.82, 2.24) is 30.0 Å². The predicted octanol–water partition coefficient (Wildman–Crippen LogP) is 5.97. The van der Waals surface area contributed by atoms with Gasteiger partial charge in [0.25, 0.3) is 5.91 Å². The van der Waals surface area contributed by atoms with E-state index in [4.69, 9.17) is 23.2 Å². The fourth-order valence-electron chi connectivity index (χ4n) is 4.73. The molecule has 1 atom stereocenters. The van der Waals surface area contributed by atoms with Crippen molar-refractivity contribution in [2.24, 2.45) is 5.41 Å². The number of tetrazole rings is 1. The van der Waals surface area contributed by atoms with Gasteiger partial charge in [-0.15, -0.1) is 5.10 Å². The van der Waals surface area contributed by atoms with Gasteiger partial charge in [-0.2, -0.15) is 0 Å². The second-order valence-corrected chi connectivity index (χ2v) is 11.8. The molecule has 1 unspecified atom stereocenters. The largest absolute Gasteiger partial charge is 0.336 e. The summed E-state index contributed by atoms with van der Waals surface area (Å²) in [5.41, 5.74) is 0.991. The molecule has 4 rings (SSSR count). The first-order chi connectivity index (χ1) is 17.5. The molecule has 0 aliphatic carbocycles. The molecule has 0 spiro atoms. The van der Waals surface area contributed by atoms with Crippen LogP contribution in [0.4, 0.5) is 0 Å². The molecule has 37 heavy (non-hydrogen) atoms. The molecular formula is C28H34Cl2N6O. The van der Waals surface area contributed by atoms with Crippen LogP contribution < -0.4 is 0 Å². The van der Waals surface area contributed by atoms with Crippen LogP contribution >= 0.6 is 23.2 Å². The number of hydrogen-bond donors (Lipinski definition) is 0. The van der Waals surface area contributed by atoms with Crippen LogP contribution in [0.1, 0.15) is 62.4 Å². The van der Waals surface area contributed by atoms with Gasteiger partial charge in [-0.1, -0.05) is 80.4 Å². The number of aromatic nitrogens is 4. The molecule has 2 heterocycles. The minimum atomic E-state index is -0.444. The van der Waals surface area contributed by atoms with Crippen LogP contribution in [0, 0.1) is 5.41 Å². The Morgan fingerprint density at radius 3 is 2.27 bits per heavy atom. The lowest BCUT2D eigenvalue weighted by Gasteiger charge is -2.43. The van der Waals surface area contributed by atoms with E-state index in [-0.39, 0.29) is 17.4 Å². The van der Waals surface area contributed by atoms with Crippen molar-refractivity contribution in [2.75, 3.05) is 26.2 Å². The normalized spacial score (nSPS) is 16.4. The Balaban J connectivity index is 1.55. The zero-order valence-electron chi connectivity index (χ0n) is 22.0. The third-order valence-corrected chi connectivity index (χ3v) is 7.55. The van der Waals surface area contributed by atoms with Gasteiger partial charge in [-0.05, 0) is 59.5 Å². The molecule has 0 radical (unpaired) electrons. The molecule has 1 saturated heterocycles. The SMILES string of the molecule is CC(C)(C)C(C=Cc1ccc(Cl)cc1Cl)n1nnnc1C(C)(C)N1CCN(C(=O)c2ccccc2)CC1. The standard InChI is InChI=1S/C28H34Cl2N6O/c1-27(2,3)24(14-12-20-11-13-22(29)19-23(20)30)36-26(31-32-33-36)28(4,5)35-17-15-34(16-18-35)25(37)21-9-7-6-8-10-21/h6-14,19,24H,15-18H2,1-5H3. The first-order valence-electron chi connectivity index (χ1n) is 12.5. The third kappa shape index (κ3) is 6.06. The van der Waals surface area contributed by atoms with E-state index in [0.717, 1.165) is 30.0 Å². The number of amides is 1. The van der Waals surface area contributed by atoms with Crippen molar-refractivity contribution in [3.05, 3.63) is 81.6 Å². The van der Waals surface area contributed by atoms with E-state index in [9.17, 15) is 4.79 Å². The maximum absolute atomic E-state index is 12.9. The topological polar surface area (TPSA) is 67.2 Å². The van der Waals surface area contributed by atoms with Crippen molar-refractivity contribution in [1.29, 1.82) is 0 Å². The molecule has 0 saturated carbocycles. The number of rotatable bonds is 6. The van der Waals surface area contributed by atoms with Crippen LogP contribution in [0.25, 0.3) is 6.08 Å². The Morgan fingerprint density at radius 2 is 1.65 bits per heavy atom. The summed E-state index contributed by atoms with van der Waals surface area (Å²) in [4.78, 5) is 17.2. The number of allylic oxidation sites excluding steroid dienone is 1. The van der Waals surface area contributed by atoms with Gasteiger partial charge in [0.05, 0.1) is 11.6 Å². The number of halogens is 2. The van der Waals surface area contributed by atoms with Crippen molar-refractivity contribution < 1.29 is 4.79 Å². The van der Waals surface area contributed by atoms with E-state index in [2.05, 4.69) is 61.1 Å². The van der Waals surface area contributed by atoms with E-state index in [1.165, 1.54) is 0 Å². The summed E-state index contributed by atoms with van der Waals surface area (Å²) in [6.45, 7) is 13.5. The highest BCUT2D eigenvalue weighted by Crippen LogP contribution is 2.36. The molecule has 7 nitrogen and oxygen atoms in total. The Kier molecular flexibility index (Phi) is 8.07. The summed E-state index contributed by atoms with van der Waals surface area (Å²) in [7, 11) is 0. The van der Waals surface area contributed by atoms with Gasteiger partial charge in [-0.25, -0.2) is 4.68 Å². The van der Waals surface area contributed by atoms with E-state index in [1.54, 1.807) is 6.07 Å². The Morgan fingerprint density at radius 1 is 0.973 bits per heavy atom. The summed E-state index contributed by atoms with van der Waals surface area (Å²) < 4.78 is 1.92. The fourth-order valence-corrected chi connectivity index (χ4v) is 5.20. The van der Waals surface area contributed by atoms with Crippen LogP contribution in [-0.2, 0) is 5.54 Å². The van der Waals surface area contributed by atoms with Gasteiger partial charge in [0.1, 0.15) is 0 Å². The Labute approximate surface area is 229 Å². The quantitative estimate of drug-likeness (QED) is 0.385. The number of hydrogen-bond acceptors (Lipinski definition) is 5. The molecular weight excluding hydrogens is 507 g/mol. The highest BCUT2D eigenvalue weighted by atomic mass is 35.5. The molecule has 0 N–H and O–H groups in total. The number of nitrogens with zero attached hydrogens (tertiary/aromatic N) is 6. The summed E-state index contributed by atoms with van der Waals surface area (Å²) in [5.74, 6) is 0.851. The molecule has 1 fully saturated rings. The lowest BCUT2D eigenvalue weighted by Crippen LogP contribution is -2.55. The van der Waals surface area contributed by atoms with E-state index < -0.39 is 5.54 Å². The minimum Gasteiger partial charge on any atom is -0.336 e. The van der Waals surface area contributed by atoms with Gasteiger partial charge < -0.3 is 4.90 Å². The lowest BCUT2D eigenvalue weighted by molar-refractivity contribution is 0.0334. The molecule has 196 valence electrons. The molecule has 1 aromatic heterocycles. The maximum Gasteiger partial charge on any atom is 0.253 e. The highest BCUT2D eigenvalue weighted by molar-refractivity contribution is 6.35. The smallest absolute Gasteiger partial charge is 0.253 e. The molecule has 3 aromatic rings. The molecule has 1 aliphatic heterocycles. The fraction of sp³-hybridized carbons (Fsp3) is 0.429. The van der Waals surface area contributed by atoms with Crippen LogP contribution in [0.3, 0.4) is 0 Å². The third-order valence-electron chi connectivity index (χ3n) is 6.99. The van der Waals surface area contributed by atoms with Crippen LogP contribution in [0.2, 0.25) is 10.0 Å². The van der Waals surface area contributed by atoms with Crippen molar-refractivity contribution >= 4 is 35.2 Å². The summed E-state index contributed by atoms with van der Waals surface area (Å²) >= 11 is 12.5. The van der Waals surface area contributed by atoms with Crippen molar-refractivity contribution in [2.45, 2.75) is 46.2 Å². The van der Waals surface area contributed by atoms with Crippen LogP contribution in [-0.4, -0.2) is 62.1 Å². The molecule has 2 aromatic carbocycles. The van der Waals surface area contributed by atoms with Crippen molar-refractivity contribution in [3.8, 4) is 0 Å². The number of carbonyl (C=O) groups is 1. The lowest BCUT2D eigenvalue weighted by atomic mass is 9.85. The Hall–Kier alpha value is -2.74. The second kappa shape index (κ2) is 10.9. The maximum atomic E-state index is 12.9. The number of piperazine rings is 1. The molecule has 9 heteroatoms. The first kappa shape index (κ1) is 27.3. The van der Waals surface area contributed by atoms with Gasteiger partial charge in [-0.3, -0.25) is 9.69 Å². The van der Waals surface area contributed by atoms with Crippen LogP contribution in [0.5, 0.6) is 0 Å². The summed E-state index contributed by atoms with van der Waals surface area (Å²) in [6, 6.07) is 14.8. The van der Waals surface area contributed by atoms with E-state index in [1.807, 2.05) is 58.1 Å². The molecule has 1 aliphatic rings. The van der Waals surface area contributed by atoms with Crippen LogP contribution in [0.15, 0.2) is 54.6 Å². The summed E-state index contributed by atoms with van der Waals surface area (Å²) in [6.07, 6.45) is 4.10. The van der Waals surface area contributed by atoms with E-state index in [0.29, 0.717) is 23.1 Å².